The number of nitrogens with one attached hydrogen (secondary N) is 1. The number of hydrogen-bond acceptors (Lipinski definition) is 2. The van der Waals surface area contributed by atoms with Crippen LogP contribution < -0.4 is 5.32 Å². The molecule has 0 radical (unpaired) electrons. The number of halogens is 1. The number of para-hydroxylation sites is 1. The van der Waals surface area contributed by atoms with Gasteiger partial charge in [0.05, 0.1) is 5.52 Å². The highest BCUT2D eigenvalue weighted by Gasteiger charge is 2.09. The number of benzene rings is 2. The van der Waals surface area contributed by atoms with Crippen LogP contribution in [0.4, 0.5) is 5.69 Å². The lowest BCUT2D eigenvalue weighted by Gasteiger charge is -2.09. The third-order valence-corrected chi connectivity index (χ3v) is 3.88. The first kappa shape index (κ1) is 13.8. The molecule has 0 aliphatic rings. The van der Waals surface area contributed by atoms with Crippen molar-refractivity contribution in [3.05, 3.63) is 71.9 Å². The van der Waals surface area contributed by atoms with Crippen LogP contribution >= 0.6 is 15.9 Å². The average Bonchev–Trinajstić information content (AvgIpc) is 2.55. The predicted octanol–water partition coefficient (Wildman–Crippen LogP) is 4.38. The first-order valence-electron chi connectivity index (χ1n) is 6.58. The second kappa shape index (κ2) is 6.06. The van der Waals surface area contributed by atoms with Gasteiger partial charge in [0, 0.05) is 28.2 Å². The molecule has 0 saturated carbocycles. The minimum absolute atomic E-state index is 0.117. The van der Waals surface area contributed by atoms with Crippen molar-refractivity contribution in [2.24, 2.45) is 0 Å². The number of aromatic nitrogens is 1. The molecule has 0 fully saturated rings. The van der Waals surface area contributed by atoms with Gasteiger partial charge in [0.1, 0.15) is 0 Å². The molecular formula is C17H13BrN2O. The van der Waals surface area contributed by atoms with Crippen LogP contribution in [0, 0.1) is 0 Å². The lowest BCUT2D eigenvalue weighted by Crippen LogP contribution is -2.13. The molecule has 1 N–H and O–H groups in total. The lowest BCUT2D eigenvalue weighted by molar-refractivity contribution is 0.102. The van der Waals surface area contributed by atoms with Gasteiger partial charge in [-0.2, -0.15) is 0 Å². The molecule has 1 aromatic heterocycles. The van der Waals surface area contributed by atoms with Crippen LogP contribution in [0.2, 0.25) is 0 Å². The number of hydrogen-bond donors (Lipinski definition) is 1. The Balaban J connectivity index is 1.90. The molecule has 2 aromatic carbocycles. The number of fused-ring (bicyclic) bond motifs is 1. The molecule has 1 amide bonds. The number of anilines is 1. The Bertz CT molecular complexity index is 801. The van der Waals surface area contributed by atoms with Crippen molar-refractivity contribution in [1.29, 1.82) is 0 Å². The Labute approximate surface area is 131 Å². The minimum Gasteiger partial charge on any atom is -0.322 e. The summed E-state index contributed by atoms with van der Waals surface area (Å²) >= 11 is 3.43. The van der Waals surface area contributed by atoms with E-state index in [1.165, 1.54) is 0 Å². The van der Waals surface area contributed by atoms with E-state index in [4.69, 9.17) is 0 Å². The summed E-state index contributed by atoms with van der Waals surface area (Å²) in [4.78, 5) is 16.6. The molecule has 3 rings (SSSR count). The van der Waals surface area contributed by atoms with Crippen LogP contribution in [-0.2, 0) is 5.33 Å². The largest absolute Gasteiger partial charge is 0.322 e. The molecule has 0 atom stereocenters. The quantitative estimate of drug-likeness (QED) is 0.718. The maximum absolute atomic E-state index is 12.4. The molecule has 0 spiro atoms. The third kappa shape index (κ3) is 2.95. The van der Waals surface area contributed by atoms with Crippen molar-refractivity contribution in [1.82, 2.24) is 4.98 Å². The maximum Gasteiger partial charge on any atom is 0.255 e. The standard InChI is InChI=1S/C17H13BrN2O/c18-11-14-4-1-2-6-16(14)20-17(21)13-7-8-15-12(10-13)5-3-9-19-15/h1-10H,11H2,(H,20,21). The number of amides is 1. The zero-order valence-electron chi connectivity index (χ0n) is 11.2. The molecule has 0 saturated heterocycles. The molecule has 104 valence electrons. The highest BCUT2D eigenvalue weighted by atomic mass is 79.9. The van der Waals surface area contributed by atoms with Crippen LogP contribution in [0.1, 0.15) is 15.9 Å². The summed E-state index contributed by atoms with van der Waals surface area (Å²) in [6.45, 7) is 0. The predicted molar refractivity (Wildman–Crippen MR) is 88.8 cm³/mol. The molecule has 4 heteroatoms. The van der Waals surface area contributed by atoms with Gasteiger partial charge in [-0.05, 0) is 35.9 Å². The Hall–Kier alpha value is -2.20. The molecule has 21 heavy (non-hydrogen) atoms. The summed E-state index contributed by atoms with van der Waals surface area (Å²) < 4.78 is 0. The summed E-state index contributed by atoms with van der Waals surface area (Å²) in [6.07, 6.45) is 1.74. The topological polar surface area (TPSA) is 42.0 Å². The zero-order valence-corrected chi connectivity index (χ0v) is 12.8. The molecule has 3 nitrogen and oxygen atoms in total. The van der Waals surface area contributed by atoms with Crippen LogP contribution in [0.15, 0.2) is 60.8 Å². The summed E-state index contributed by atoms with van der Waals surface area (Å²) in [5.74, 6) is -0.117. The van der Waals surface area contributed by atoms with Crippen LogP contribution in [0.3, 0.4) is 0 Å². The summed E-state index contributed by atoms with van der Waals surface area (Å²) in [7, 11) is 0. The molecule has 1 heterocycles. The second-order valence-corrected chi connectivity index (χ2v) is 5.22. The fraction of sp³-hybridized carbons (Fsp3) is 0.0588. The smallest absolute Gasteiger partial charge is 0.255 e. The van der Waals surface area contributed by atoms with E-state index in [1.807, 2.05) is 48.5 Å². The molecule has 3 aromatic rings. The Morgan fingerprint density at radius 3 is 2.81 bits per heavy atom. The van der Waals surface area contributed by atoms with Crippen molar-refractivity contribution in [3.63, 3.8) is 0 Å². The van der Waals surface area contributed by atoms with Gasteiger partial charge in [-0.25, -0.2) is 0 Å². The Kier molecular flexibility index (Phi) is 3.97. The van der Waals surface area contributed by atoms with Gasteiger partial charge in [0.2, 0.25) is 0 Å². The fourth-order valence-corrected chi connectivity index (χ4v) is 2.66. The number of carbonyl (C=O) groups is 1. The summed E-state index contributed by atoms with van der Waals surface area (Å²) in [5, 5.41) is 4.61. The minimum atomic E-state index is -0.117. The van der Waals surface area contributed by atoms with Crippen LogP contribution in [-0.4, -0.2) is 10.9 Å². The van der Waals surface area contributed by atoms with Crippen molar-refractivity contribution in [2.45, 2.75) is 5.33 Å². The van der Waals surface area contributed by atoms with Crippen molar-refractivity contribution in [2.75, 3.05) is 5.32 Å². The van der Waals surface area contributed by atoms with Gasteiger partial charge < -0.3 is 5.32 Å². The van der Waals surface area contributed by atoms with E-state index in [0.717, 1.165) is 22.2 Å². The molecule has 0 aliphatic heterocycles. The van der Waals surface area contributed by atoms with E-state index in [2.05, 4.69) is 26.2 Å². The highest BCUT2D eigenvalue weighted by molar-refractivity contribution is 9.08. The summed E-state index contributed by atoms with van der Waals surface area (Å²) in [5.41, 5.74) is 3.38. The van der Waals surface area contributed by atoms with Gasteiger partial charge in [-0.3, -0.25) is 9.78 Å². The van der Waals surface area contributed by atoms with Gasteiger partial charge in [0.15, 0.2) is 0 Å². The fourth-order valence-electron chi connectivity index (χ4n) is 2.17. The molecule has 0 unspecified atom stereocenters. The monoisotopic (exact) mass is 340 g/mol. The van der Waals surface area contributed by atoms with Gasteiger partial charge in [0.25, 0.3) is 5.91 Å². The number of rotatable bonds is 3. The van der Waals surface area contributed by atoms with Gasteiger partial charge >= 0.3 is 0 Å². The van der Waals surface area contributed by atoms with Crippen molar-refractivity contribution in [3.8, 4) is 0 Å². The van der Waals surface area contributed by atoms with E-state index in [0.29, 0.717) is 10.9 Å². The number of carbonyl (C=O) groups excluding carboxylic acids is 1. The second-order valence-electron chi connectivity index (χ2n) is 4.66. The lowest BCUT2D eigenvalue weighted by atomic mass is 10.1. The van der Waals surface area contributed by atoms with E-state index >= 15 is 0 Å². The normalized spacial score (nSPS) is 10.5. The number of alkyl halides is 1. The van der Waals surface area contributed by atoms with Crippen LogP contribution in [0.25, 0.3) is 10.9 Å². The Morgan fingerprint density at radius 1 is 1.10 bits per heavy atom. The van der Waals surface area contributed by atoms with E-state index < -0.39 is 0 Å². The first-order valence-corrected chi connectivity index (χ1v) is 7.70. The number of pyridine rings is 1. The summed E-state index contributed by atoms with van der Waals surface area (Å²) in [6, 6.07) is 17.1. The Morgan fingerprint density at radius 2 is 1.95 bits per heavy atom. The van der Waals surface area contributed by atoms with Crippen molar-refractivity contribution >= 4 is 38.4 Å². The molecular weight excluding hydrogens is 328 g/mol. The van der Waals surface area contributed by atoms with E-state index in [9.17, 15) is 4.79 Å². The zero-order chi connectivity index (χ0) is 14.7. The average molecular weight is 341 g/mol. The SMILES string of the molecule is O=C(Nc1ccccc1CBr)c1ccc2ncccc2c1. The van der Waals surface area contributed by atoms with Gasteiger partial charge in [-0.1, -0.05) is 40.2 Å². The van der Waals surface area contributed by atoms with E-state index in [1.54, 1.807) is 12.3 Å². The maximum atomic E-state index is 12.4. The van der Waals surface area contributed by atoms with Crippen LogP contribution in [0.5, 0.6) is 0 Å². The van der Waals surface area contributed by atoms with Crippen molar-refractivity contribution < 1.29 is 4.79 Å². The van der Waals surface area contributed by atoms with E-state index in [-0.39, 0.29) is 5.91 Å². The first-order chi connectivity index (χ1) is 10.3. The molecule has 0 bridgehead atoms. The van der Waals surface area contributed by atoms with Gasteiger partial charge in [-0.15, -0.1) is 0 Å². The molecule has 0 aliphatic carbocycles. The third-order valence-electron chi connectivity index (χ3n) is 3.27. The number of nitrogens with zero attached hydrogens (tertiary/aromatic N) is 1. The highest BCUT2D eigenvalue weighted by Crippen LogP contribution is 2.20.